The molecule has 1 atom stereocenters. The standard InChI is InChI=1S/C17H26ClN3O5S2/c1-13(2)16(19-28(25,26)15-7-5-14(18)6-8-15)17(22)20-9-4-10-21(12-11-20)27(3,23)24/h5-8,13,16,19H,4,9-12H2,1-3H3/t16-/m0/s1. The summed E-state index contributed by atoms with van der Waals surface area (Å²) in [6.45, 7) is 4.64. The molecule has 0 saturated carbocycles. The maximum Gasteiger partial charge on any atom is 0.241 e. The fourth-order valence-corrected chi connectivity index (χ4v) is 5.30. The van der Waals surface area contributed by atoms with E-state index in [1.165, 1.54) is 33.5 Å². The van der Waals surface area contributed by atoms with E-state index in [1.807, 2.05) is 0 Å². The third-order valence-electron chi connectivity index (χ3n) is 4.57. The minimum absolute atomic E-state index is 0.0227. The van der Waals surface area contributed by atoms with Crippen LogP contribution in [0.2, 0.25) is 5.02 Å². The molecule has 0 spiro atoms. The zero-order valence-electron chi connectivity index (χ0n) is 16.1. The molecule has 2 rings (SSSR count). The van der Waals surface area contributed by atoms with Gasteiger partial charge in [0.05, 0.1) is 11.2 Å². The molecule has 0 radical (unpaired) electrons. The number of rotatable bonds is 6. The largest absolute Gasteiger partial charge is 0.340 e. The van der Waals surface area contributed by atoms with Crippen molar-refractivity contribution in [1.29, 1.82) is 0 Å². The highest BCUT2D eigenvalue weighted by atomic mass is 35.5. The van der Waals surface area contributed by atoms with Gasteiger partial charge in [-0.25, -0.2) is 21.1 Å². The Morgan fingerprint density at radius 3 is 2.18 bits per heavy atom. The highest BCUT2D eigenvalue weighted by Gasteiger charge is 2.33. The topological polar surface area (TPSA) is 104 Å². The van der Waals surface area contributed by atoms with Crippen LogP contribution in [0.25, 0.3) is 0 Å². The molecule has 0 aliphatic carbocycles. The van der Waals surface area contributed by atoms with E-state index in [0.29, 0.717) is 24.5 Å². The Balaban J connectivity index is 2.17. The van der Waals surface area contributed by atoms with Crippen LogP contribution < -0.4 is 4.72 Å². The van der Waals surface area contributed by atoms with Gasteiger partial charge >= 0.3 is 0 Å². The minimum Gasteiger partial charge on any atom is -0.340 e. The van der Waals surface area contributed by atoms with E-state index in [-0.39, 0.29) is 29.8 Å². The molecule has 0 aromatic heterocycles. The molecule has 1 aliphatic rings. The van der Waals surface area contributed by atoms with Crippen molar-refractivity contribution >= 4 is 37.6 Å². The van der Waals surface area contributed by atoms with Gasteiger partial charge in [-0.2, -0.15) is 4.72 Å². The first kappa shape index (κ1) is 23.1. The molecular formula is C17H26ClN3O5S2. The zero-order chi connectivity index (χ0) is 21.1. The van der Waals surface area contributed by atoms with E-state index in [4.69, 9.17) is 11.6 Å². The average molecular weight is 452 g/mol. The quantitative estimate of drug-likeness (QED) is 0.698. The van der Waals surface area contributed by atoms with Crippen molar-refractivity contribution in [3.8, 4) is 0 Å². The number of nitrogens with one attached hydrogen (secondary N) is 1. The molecule has 0 unspecified atom stereocenters. The Bertz CT molecular complexity index is 901. The van der Waals surface area contributed by atoms with E-state index in [9.17, 15) is 21.6 Å². The molecule has 158 valence electrons. The number of sulfonamides is 2. The summed E-state index contributed by atoms with van der Waals surface area (Å²) in [4.78, 5) is 14.6. The summed E-state index contributed by atoms with van der Waals surface area (Å²) in [6.07, 6.45) is 1.63. The van der Waals surface area contributed by atoms with E-state index in [1.54, 1.807) is 13.8 Å². The first-order valence-electron chi connectivity index (χ1n) is 8.93. The number of benzene rings is 1. The van der Waals surface area contributed by atoms with E-state index in [2.05, 4.69) is 4.72 Å². The summed E-state index contributed by atoms with van der Waals surface area (Å²) in [5.41, 5.74) is 0. The van der Waals surface area contributed by atoms with Crippen LogP contribution in [0.15, 0.2) is 29.2 Å². The molecule has 1 aromatic carbocycles. The lowest BCUT2D eigenvalue weighted by atomic mass is 10.0. The van der Waals surface area contributed by atoms with Crippen molar-refractivity contribution in [3.05, 3.63) is 29.3 Å². The molecule has 28 heavy (non-hydrogen) atoms. The van der Waals surface area contributed by atoms with Crippen molar-refractivity contribution in [2.75, 3.05) is 32.4 Å². The summed E-state index contributed by atoms with van der Waals surface area (Å²) in [7, 11) is -7.24. The summed E-state index contributed by atoms with van der Waals surface area (Å²) >= 11 is 5.81. The third kappa shape index (κ3) is 5.90. The molecule has 1 fully saturated rings. The minimum atomic E-state index is -3.91. The normalized spacial score (nSPS) is 18.1. The number of carbonyl (C=O) groups is 1. The molecule has 1 saturated heterocycles. The molecule has 8 nitrogen and oxygen atoms in total. The van der Waals surface area contributed by atoms with Gasteiger partial charge in [0.25, 0.3) is 0 Å². The highest BCUT2D eigenvalue weighted by Crippen LogP contribution is 2.17. The van der Waals surface area contributed by atoms with Crippen LogP contribution in [0.3, 0.4) is 0 Å². The summed E-state index contributed by atoms with van der Waals surface area (Å²) in [5, 5.41) is 0.412. The lowest BCUT2D eigenvalue weighted by molar-refractivity contribution is -0.133. The van der Waals surface area contributed by atoms with E-state index >= 15 is 0 Å². The third-order valence-corrected chi connectivity index (χ3v) is 7.59. The molecule has 11 heteroatoms. The maximum absolute atomic E-state index is 13.0. The lowest BCUT2D eigenvalue weighted by Crippen LogP contribution is -2.52. The number of halogens is 1. The first-order chi connectivity index (χ1) is 12.9. The summed E-state index contributed by atoms with van der Waals surface area (Å²) < 4.78 is 52.7. The number of carbonyl (C=O) groups excluding carboxylic acids is 1. The van der Waals surface area contributed by atoms with Crippen molar-refractivity contribution in [2.24, 2.45) is 5.92 Å². The number of hydrogen-bond acceptors (Lipinski definition) is 5. The van der Waals surface area contributed by atoms with Crippen molar-refractivity contribution in [3.63, 3.8) is 0 Å². The number of hydrogen-bond donors (Lipinski definition) is 1. The molecule has 1 heterocycles. The smallest absolute Gasteiger partial charge is 0.241 e. The van der Waals surface area contributed by atoms with Gasteiger partial charge in [-0.1, -0.05) is 25.4 Å². The van der Waals surface area contributed by atoms with Crippen LogP contribution in [0.4, 0.5) is 0 Å². The van der Waals surface area contributed by atoms with Gasteiger partial charge in [-0.15, -0.1) is 0 Å². The fraction of sp³-hybridized carbons (Fsp3) is 0.588. The van der Waals surface area contributed by atoms with Crippen molar-refractivity contribution < 1.29 is 21.6 Å². The van der Waals surface area contributed by atoms with Crippen molar-refractivity contribution in [1.82, 2.24) is 13.9 Å². The van der Waals surface area contributed by atoms with Crippen LogP contribution in [0.5, 0.6) is 0 Å². The van der Waals surface area contributed by atoms with Gasteiger partial charge in [-0.3, -0.25) is 4.79 Å². The Labute approximate surface area is 171 Å². The number of nitrogens with zero attached hydrogens (tertiary/aromatic N) is 2. The Morgan fingerprint density at radius 1 is 1.04 bits per heavy atom. The predicted molar refractivity (Wildman–Crippen MR) is 108 cm³/mol. The van der Waals surface area contributed by atoms with Crippen LogP contribution in [0.1, 0.15) is 20.3 Å². The highest BCUT2D eigenvalue weighted by molar-refractivity contribution is 7.89. The van der Waals surface area contributed by atoms with Crippen LogP contribution in [-0.2, 0) is 24.8 Å². The second-order valence-corrected chi connectivity index (χ2v) is 11.3. The molecular weight excluding hydrogens is 426 g/mol. The SMILES string of the molecule is CC(C)[C@H](NS(=O)(=O)c1ccc(Cl)cc1)C(=O)N1CCCN(S(C)(=O)=O)CC1. The van der Waals surface area contributed by atoms with Gasteiger partial charge in [-0.05, 0) is 36.6 Å². The van der Waals surface area contributed by atoms with Crippen LogP contribution in [0, 0.1) is 5.92 Å². The number of amides is 1. The van der Waals surface area contributed by atoms with E-state index in [0.717, 1.165) is 6.26 Å². The van der Waals surface area contributed by atoms with Gasteiger partial charge in [0, 0.05) is 31.2 Å². The Hall–Kier alpha value is -1.20. The second-order valence-electron chi connectivity index (χ2n) is 7.14. The summed E-state index contributed by atoms with van der Waals surface area (Å²) in [6, 6.07) is 4.74. The molecule has 1 N–H and O–H groups in total. The van der Waals surface area contributed by atoms with Gasteiger partial charge in [0.15, 0.2) is 0 Å². The van der Waals surface area contributed by atoms with Gasteiger partial charge < -0.3 is 4.90 Å². The van der Waals surface area contributed by atoms with Gasteiger partial charge in [0.2, 0.25) is 26.0 Å². The van der Waals surface area contributed by atoms with Gasteiger partial charge in [0.1, 0.15) is 6.04 Å². The monoisotopic (exact) mass is 451 g/mol. The Kier molecular flexibility index (Phi) is 7.49. The van der Waals surface area contributed by atoms with Crippen LogP contribution in [-0.4, -0.2) is 70.4 Å². The average Bonchev–Trinajstić information content (AvgIpc) is 2.85. The molecule has 1 aromatic rings. The fourth-order valence-electron chi connectivity index (χ4n) is 2.96. The maximum atomic E-state index is 13.0. The zero-order valence-corrected chi connectivity index (χ0v) is 18.5. The first-order valence-corrected chi connectivity index (χ1v) is 12.6. The lowest BCUT2D eigenvalue weighted by Gasteiger charge is -2.28. The van der Waals surface area contributed by atoms with Crippen molar-refractivity contribution in [2.45, 2.75) is 31.2 Å². The molecule has 1 aliphatic heterocycles. The second kappa shape index (κ2) is 9.08. The molecule has 0 bridgehead atoms. The predicted octanol–water partition coefficient (Wildman–Crippen LogP) is 1.14. The Morgan fingerprint density at radius 2 is 1.64 bits per heavy atom. The van der Waals surface area contributed by atoms with E-state index < -0.39 is 26.1 Å². The van der Waals surface area contributed by atoms with Crippen LogP contribution >= 0.6 is 11.6 Å². The summed E-state index contributed by atoms with van der Waals surface area (Å²) in [5.74, 6) is -0.647. The molecule has 1 amide bonds.